The minimum Gasteiger partial charge on any atom is -0.493 e. The van der Waals surface area contributed by atoms with E-state index in [0.717, 1.165) is 23.6 Å². The molecule has 0 aromatic heterocycles. The number of benzene rings is 4. The van der Waals surface area contributed by atoms with Crippen LogP contribution in [0, 0.1) is 0 Å². The summed E-state index contributed by atoms with van der Waals surface area (Å²) in [6.07, 6.45) is 1.47. The van der Waals surface area contributed by atoms with Gasteiger partial charge in [0.1, 0.15) is 0 Å². The Morgan fingerprint density at radius 2 is 1.39 bits per heavy atom. The number of ether oxygens (including phenoxy) is 3. The van der Waals surface area contributed by atoms with Gasteiger partial charge in [-0.05, 0) is 66.1 Å². The Labute approximate surface area is 247 Å². The fraction of sp³-hybridized carbons (Fsp3) is 0.303. The smallest absolute Gasteiger partial charge is 0.251 e. The summed E-state index contributed by atoms with van der Waals surface area (Å²) < 4.78 is 16.4. The maximum absolute atomic E-state index is 13.6. The summed E-state index contributed by atoms with van der Waals surface area (Å²) in [4.78, 5) is 13.6. The second-order valence-corrected chi connectivity index (χ2v) is 10.4. The van der Waals surface area contributed by atoms with Crippen molar-refractivity contribution in [1.82, 2.24) is 16.0 Å². The molecule has 3 N–H and O–H groups in total. The van der Waals surface area contributed by atoms with Crippen LogP contribution in [0.15, 0.2) is 78.9 Å². The van der Waals surface area contributed by atoms with Crippen molar-refractivity contribution in [1.29, 1.82) is 0 Å². The standard InChI is InChI=1S/C33H38ClN3O4/c1-35-20-28(16-22-10-13-27(34)14-11-22)36-21-29(17-23-9-12-24-7-5-6-8-25(24)15-23)37-33(38)26-18-30(39-2)32(41-4)31(19-26)40-3/h5-15,18-19,28-29,35-36H,16-17,20-21H2,1-4H3,(H,37,38)/t28-,29-/m1/s1. The Morgan fingerprint density at radius 3 is 2.02 bits per heavy atom. The van der Waals surface area contributed by atoms with E-state index in [4.69, 9.17) is 25.8 Å². The Kier molecular flexibility index (Phi) is 10.8. The minimum absolute atomic E-state index is 0.151. The van der Waals surface area contributed by atoms with Crippen LogP contribution < -0.4 is 30.2 Å². The van der Waals surface area contributed by atoms with Gasteiger partial charge in [-0.2, -0.15) is 0 Å². The molecule has 0 aliphatic carbocycles. The molecule has 1 amide bonds. The van der Waals surface area contributed by atoms with Crippen molar-refractivity contribution in [2.24, 2.45) is 0 Å². The molecule has 2 atom stereocenters. The molecule has 7 nitrogen and oxygen atoms in total. The summed E-state index contributed by atoms with van der Waals surface area (Å²) in [5, 5.41) is 13.3. The normalized spacial score (nSPS) is 12.5. The van der Waals surface area contributed by atoms with Crippen molar-refractivity contribution in [3.8, 4) is 17.2 Å². The van der Waals surface area contributed by atoms with Crippen molar-refractivity contribution >= 4 is 28.3 Å². The molecule has 4 aromatic carbocycles. The molecule has 0 fully saturated rings. The molecule has 0 unspecified atom stereocenters. The van der Waals surface area contributed by atoms with Crippen LogP contribution in [0.3, 0.4) is 0 Å². The fourth-order valence-electron chi connectivity index (χ4n) is 4.98. The number of nitrogens with one attached hydrogen (secondary N) is 3. The second kappa shape index (κ2) is 14.7. The van der Waals surface area contributed by atoms with Crippen LogP contribution in [0.4, 0.5) is 0 Å². The zero-order valence-electron chi connectivity index (χ0n) is 24.0. The minimum atomic E-state index is -0.222. The van der Waals surface area contributed by atoms with E-state index in [2.05, 4.69) is 46.3 Å². The van der Waals surface area contributed by atoms with Gasteiger partial charge in [-0.1, -0.05) is 66.2 Å². The Bertz CT molecular complexity index is 1420. The van der Waals surface area contributed by atoms with Gasteiger partial charge in [0, 0.05) is 35.8 Å². The zero-order valence-corrected chi connectivity index (χ0v) is 24.8. The van der Waals surface area contributed by atoms with Crippen molar-refractivity contribution in [3.05, 3.63) is 101 Å². The first-order valence-electron chi connectivity index (χ1n) is 13.6. The number of methoxy groups -OCH3 is 3. The van der Waals surface area contributed by atoms with E-state index in [1.54, 1.807) is 12.1 Å². The Balaban J connectivity index is 1.56. The average molecular weight is 576 g/mol. The summed E-state index contributed by atoms with van der Waals surface area (Å²) in [6, 6.07) is 25.9. The molecule has 0 saturated carbocycles. The topological polar surface area (TPSA) is 80.9 Å². The highest BCUT2D eigenvalue weighted by molar-refractivity contribution is 6.30. The molecule has 0 saturated heterocycles. The van der Waals surface area contributed by atoms with Crippen LogP contribution >= 0.6 is 11.6 Å². The van der Waals surface area contributed by atoms with E-state index >= 15 is 0 Å². The molecule has 4 rings (SSSR count). The third-order valence-electron chi connectivity index (χ3n) is 7.06. The molecule has 0 aliphatic heterocycles. The lowest BCUT2D eigenvalue weighted by Gasteiger charge is -2.25. The van der Waals surface area contributed by atoms with Crippen molar-refractivity contribution in [2.75, 3.05) is 41.5 Å². The number of halogens is 1. The summed E-state index contributed by atoms with van der Waals surface area (Å²) in [5.74, 6) is 1.08. The van der Waals surface area contributed by atoms with Crippen molar-refractivity contribution in [2.45, 2.75) is 24.9 Å². The van der Waals surface area contributed by atoms with Crippen molar-refractivity contribution < 1.29 is 19.0 Å². The lowest BCUT2D eigenvalue weighted by molar-refractivity contribution is 0.0934. The van der Waals surface area contributed by atoms with E-state index in [1.165, 1.54) is 37.7 Å². The van der Waals surface area contributed by atoms with Gasteiger partial charge in [0.25, 0.3) is 5.91 Å². The summed E-state index contributed by atoms with van der Waals surface area (Å²) in [5.41, 5.74) is 2.76. The predicted octanol–water partition coefficient (Wildman–Crippen LogP) is 5.28. The second-order valence-electron chi connectivity index (χ2n) is 9.96. The SMILES string of the molecule is CNC[C@@H](Cc1ccc(Cl)cc1)NC[C@@H](Cc1ccc2ccccc2c1)NC(=O)c1cc(OC)c(OC)c(OC)c1. The number of amides is 1. The molecule has 0 heterocycles. The van der Waals surface area contributed by atoms with Gasteiger partial charge in [0.15, 0.2) is 11.5 Å². The van der Waals surface area contributed by atoms with Gasteiger partial charge < -0.3 is 30.2 Å². The first kappa shape index (κ1) is 30.2. The Hall–Kier alpha value is -3.78. The van der Waals surface area contributed by atoms with Crippen molar-refractivity contribution in [3.63, 3.8) is 0 Å². The first-order valence-corrected chi connectivity index (χ1v) is 14.0. The monoisotopic (exact) mass is 575 g/mol. The number of carbonyl (C=O) groups is 1. The van der Waals surface area contributed by atoms with Gasteiger partial charge in [0.05, 0.1) is 21.3 Å². The van der Waals surface area contributed by atoms with E-state index in [0.29, 0.717) is 35.8 Å². The van der Waals surface area contributed by atoms with Crippen LogP contribution in [0.1, 0.15) is 21.5 Å². The Morgan fingerprint density at radius 1 is 0.756 bits per heavy atom. The third-order valence-corrected chi connectivity index (χ3v) is 7.31. The molecular weight excluding hydrogens is 538 g/mol. The highest BCUT2D eigenvalue weighted by Crippen LogP contribution is 2.38. The lowest BCUT2D eigenvalue weighted by atomic mass is 10.0. The van der Waals surface area contributed by atoms with E-state index in [9.17, 15) is 4.79 Å². The van der Waals surface area contributed by atoms with E-state index in [1.807, 2.05) is 43.4 Å². The van der Waals surface area contributed by atoms with Gasteiger partial charge in [0.2, 0.25) is 5.75 Å². The molecule has 216 valence electrons. The summed E-state index contributed by atoms with van der Waals surface area (Å²) in [6.45, 7) is 1.34. The molecule has 0 radical (unpaired) electrons. The number of rotatable bonds is 14. The molecule has 4 aromatic rings. The van der Waals surface area contributed by atoms with Gasteiger partial charge in [-0.15, -0.1) is 0 Å². The summed E-state index contributed by atoms with van der Waals surface area (Å²) >= 11 is 6.09. The maximum atomic E-state index is 13.6. The molecule has 41 heavy (non-hydrogen) atoms. The molecule has 0 spiro atoms. The molecule has 8 heteroatoms. The van der Waals surface area contributed by atoms with E-state index in [-0.39, 0.29) is 18.0 Å². The number of carbonyl (C=O) groups excluding carboxylic acids is 1. The third kappa shape index (κ3) is 8.13. The van der Waals surface area contributed by atoms with Gasteiger partial charge in [-0.3, -0.25) is 4.79 Å². The fourth-order valence-corrected chi connectivity index (χ4v) is 5.11. The number of hydrogen-bond acceptors (Lipinski definition) is 6. The van der Waals surface area contributed by atoms with Crippen LogP contribution in [0.25, 0.3) is 10.8 Å². The summed E-state index contributed by atoms with van der Waals surface area (Å²) in [7, 11) is 6.55. The maximum Gasteiger partial charge on any atom is 0.251 e. The molecular formula is C33H38ClN3O4. The van der Waals surface area contributed by atoms with Crippen LogP contribution in [-0.2, 0) is 12.8 Å². The van der Waals surface area contributed by atoms with Crippen LogP contribution in [0.2, 0.25) is 5.02 Å². The highest BCUT2D eigenvalue weighted by Gasteiger charge is 2.21. The molecule has 0 bridgehead atoms. The van der Waals surface area contributed by atoms with Crippen LogP contribution in [-0.4, -0.2) is 59.5 Å². The highest BCUT2D eigenvalue weighted by atomic mass is 35.5. The predicted molar refractivity (Wildman–Crippen MR) is 166 cm³/mol. The lowest BCUT2D eigenvalue weighted by Crippen LogP contribution is -2.48. The number of likely N-dealkylation sites (N-methyl/N-ethyl adjacent to an activating group) is 1. The quantitative estimate of drug-likeness (QED) is 0.190. The zero-order chi connectivity index (χ0) is 29.2. The van der Waals surface area contributed by atoms with Crippen LogP contribution in [0.5, 0.6) is 17.2 Å². The van der Waals surface area contributed by atoms with Gasteiger partial charge in [-0.25, -0.2) is 0 Å². The largest absolute Gasteiger partial charge is 0.493 e. The number of fused-ring (bicyclic) bond motifs is 1. The average Bonchev–Trinajstić information content (AvgIpc) is 3.00. The number of hydrogen-bond donors (Lipinski definition) is 3. The van der Waals surface area contributed by atoms with E-state index < -0.39 is 0 Å². The van der Waals surface area contributed by atoms with Gasteiger partial charge >= 0.3 is 0 Å². The molecule has 0 aliphatic rings. The first-order chi connectivity index (χ1) is 19.9.